The van der Waals surface area contributed by atoms with Gasteiger partial charge in [0, 0.05) is 11.1 Å². The van der Waals surface area contributed by atoms with Gasteiger partial charge in [-0.1, -0.05) is 12.1 Å². The van der Waals surface area contributed by atoms with Gasteiger partial charge in [0.05, 0.1) is 10.5 Å². The van der Waals surface area contributed by atoms with Gasteiger partial charge >= 0.3 is 5.97 Å². The third kappa shape index (κ3) is 3.34. The highest BCUT2D eigenvalue weighted by Crippen LogP contribution is 2.41. The number of rotatable bonds is 4. The number of esters is 1. The Labute approximate surface area is 150 Å². The van der Waals surface area contributed by atoms with Crippen molar-refractivity contribution in [1.82, 2.24) is 0 Å². The van der Waals surface area contributed by atoms with E-state index in [0.29, 0.717) is 16.9 Å². The standard InChI is InChI=1S/C18H18O5S2/c1-11-14(9-10-24-11)22-16-15(18(2,3)23-17(16)19)12-5-7-13(8-6-12)25(4,20)21/h5-10H,1-4H3. The summed E-state index contributed by atoms with van der Waals surface area (Å²) in [7, 11) is -3.29. The molecule has 7 heteroatoms. The molecule has 2 heterocycles. The minimum absolute atomic E-state index is 0.138. The third-order valence-electron chi connectivity index (χ3n) is 3.96. The largest absolute Gasteiger partial charge is 0.449 e. The van der Waals surface area contributed by atoms with E-state index < -0.39 is 21.4 Å². The molecular formula is C18H18O5S2. The lowest BCUT2D eigenvalue weighted by Gasteiger charge is -2.21. The number of aryl methyl sites for hydroxylation is 1. The minimum atomic E-state index is -3.29. The number of hydrogen-bond donors (Lipinski definition) is 0. The molecule has 25 heavy (non-hydrogen) atoms. The highest BCUT2D eigenvalue weighted by molar-refractivity contribution is 7.90. The van der Waals surface area contributed by atoms with Crippen LogP contribution in [0.2, 0.25) is 0 Å². The predicted molar refractivity (Wildman–Crippen MR) is 96.3 cm³/mol. The highest BCUT2D eigenvalue weighted by atomic mass is 32.2. The summed E-state index contributed by atoms with van der Waals surface area (Å²) in [6, 6.07) is 8.17. The van der Waals surface area contributed by atoms with Gasteiger partial charge in [-0.15, -0.1) is 11.3 Å². The quantitative estimate of drug-likeness (QED) is 0.761. The summed E-state index contributed by atoms with van der Waals surface area (Å²) < 4.78 is 34.6. The Morgan fingerprint density at radius 3 is 2.28 bits per heavy atom. The van der Waals surface area contributed by atoms with Gasteiger partial charge in [0.15, 0.2) is 9.84 Å². The summed E-state index contributed by atoms with van der Waals surface area (Å²) >= 11 is 1.52. The molecule has 5 nitrogen and oxygen atoms in total. The van der Waals surface area contributed by atoms with E-state index in [-0.39, 0.29) is 10.7 Å². The van der Waals surface area contributed by atoms with Crippen molar-refractivity contribution in [3.63, 3.8) is 0 Å². The molecule has 0 N–H and O–H groups in total. The molecule has 0 saturated heterocycles. The molecule has 3 rings (SSSR count). The monoisotopic (exact) mass is 378 g/mol. The van der Waals surface area contributed by atoms with Crippen LogP contribution in [-0.2, 0) is 19.4 Å². The Bertz CT molecular complexity index is 963. The number of thiophene rings is 1. The molecule has 0 unspecified atom stereocenters. The third-order valence-corrected chi connectivity index (χ3v) is 5.91. The van der Waals surface area contributed by atoms with Crippen LogP contribution in [0.25, 0.3) is 5.57 Å². The second-order valence-corrected chi connectivity index (χ2v) is 9.48. The molecule has 0 bridgehead atoms. The van der Waals surface area contributed by atoms with Crippen molar-refractivity contribution >= 4 is 32.7 Å². The van der Waals surface area contributed by atoms with Gasteiger partial charge in [-0.05, 0) is 49.9 Å². The first-order chi connectivity index (χ1) is 11.6. The van der Waals surface area contributed by atoms with E-state index in [0.717, 1.165) is 11.1 Å². The first-order valence-electron chi connectivity index (χ1n) is 7.60. The number of ether oxygens (including phenoxy) is 2. The summed E-state index contributed by atoms with van der Waals surface area (Å²) in [6.45, 7) is 5.47. The van der Waals surface area contributed by atoms with Gasteiger partial charge < -0.3 is 9.47 Å². The maximum absolute atomic E-state index is 12.3. The van der Waals surface area contributed by atoms with Crippen molar-refractivity contribution in [1.29, 1.82) is 0 Å². The second kappa shape index (κ2) is 6.00. The second-order valence-electron chi connectivity index (χ2n) is 6.34. The Kier molecular flexibility index (Phi) is 4.25. The molecule has 0 fully saturated rings. The zero-order valence-electron chi connectivity index (χ0n) is 14.3. The summed E-state index contributed by atoms with van der Waals surface area (Å²) in [5.74, 6) is 0.219. The van der Waals surface area contributed by atoms with Gasteiger partial charge in [0.25, 0.3) is 0 Å². The van der Waals surface area contributed by atoms with Crippen LogP contribution in [0, 0.1) is 6.92 Å². The fraction of sp³-hybridized carbons (Fsp3) is 0.278. The van der Waals surface area contributed by atoms with Crippen LogP contribution in [0.4, 0.5) is 0 Å². The van der Waals surface area contributed by atoms with Crippen LogP contribution in [0.15, 0.2) is 46.4 Å². The molecular weight excluding hydrogens is 360 g/mol. The molecule has 1 aliphatic heterocycles. The number of carbonyl (C=O) groups is 1. The topological polar surface area (TPSA) is 69.7 Å². The SMILES string of the molecule is Cc1sccc1OC1=C(c2ccc(S(C)(=O)=O)cc2)C(C)(C)OC1=O. The molecule has 0 saturated carbocycles. The average molecular weight is 378 g/mol. The van der Waals surface area contributed by atoms with Crippen molar-refractivity contribution in [3.8, 4) is 5.75 Å². The molecule has 132 valence electrons. The summed E-state index contributed by atoms with van der Waals surface area (Å²) in [5.41, 5.74) is 0.414. The molecule has 1 aromatic heterocycles. The Morgan fingerprint density at radius 2 is 1.76 bits per heavy atom. The smallest absolute Gasteiger partial charge is 0.375 e. The van der Waals surface area contributed by atoms with E-state index in [2.05, 4.69) is 0 Å². The van der Waals surface area contributed by atoms with Gasteiger partial charge in [-0.25, -0.2) is 13.2 Å². The molecule has 1 aromatic carbocycles. The Balaban J connectivity index is 2.10. The number of benzene rings is 1. The first-order valence-corrected chi connectivity index (χ1v) is 10.4. The average Bonchev–Trinajstić information content (AvgIpc) is 2.99. The lowest BCUT2D eigenvalue weighted by Crippen LogP contribution is -2.22. The van der Waals surface area contributed by atoms with E-state index in [9.17, 15) is 13.2 Å². The van der Waals surface area contributed by atoms with E-state index >= 15 is 0 Å². The van der Waals surface area contributed by atoms with Gasteiger partial charge in [0.2, 0.25) is 5.76 Å². The molecule has 2 aromatic rings. The Morgan fingerprint density at radius 1 is 1.12 bits per heavy atom. The van der Waals surface area contributed by atoms with E-state index in [1.807, 2.05) is 12.3 Å². The first kappa shape index (κ1) is 17.7. The van der Waals surface area contributed by atoms with Crippen molar-refractivity contribution in [3.05, 3.63) is 51.9 Å². The maximum Gasteiger partial charge on any atom is 0.375 e. The van der Waals surface area contributed by atoms with E-state index in [1.165, 1.54) is 23.5 Å². The normalized spacial score (nSPS) is 16.9. The van der Waals surface area contributed by atoms with E-state index in [1.54, 1.807) is 32.0 Å². The van der Waals surface area contributed by atoms with Gasteiger partial charge in [-0.2, -0.15) is 0 Å². The number of sulfone groups is 1. The molecule has 1 aliphatic rings. The Hall–Kier alpha value is -2.12. The van der Waals surface area contributed by atoms with Crippen LogP contribution in [-0.4, -0.2) is 26.2 Å². The zero-order chi connectivity index (χ0) is 18.4. The maximum atomic E-state index is 12.3. The van der Waals surface area contributed by atoms with Crippen LogP contribution in [0.3, 0.4) is 0 Å². The molecule has 0 aliphatic carbocycles. The van der Waals surface area contributed by atoms with Crippen molar-refractivity contribution in [2.75, 3.05) is 6.26 Å². The lowest BCUT2D eigenvalue weighted by molar-refractivity contribution is -0.145. The number of hydrogen-bond acceptors (Lipinski definition) is 6. The van der Waals surface area contributed by atoms with Crippen LogP contribution < -0.4 is 4.74 Å². The highest BCUT2D eigenvalue weighted by Gasteiger charge is 2.43. The minimum Gasteiger partial charge on any atom is -0.449 e. The summed E-state index contributed by atoms with van der Waals surface area (Å²) in [6.07, 6.45) is 1.15. The van der Waals surface area contributed by atoms with Gasteiger partial charge in [0.1, 0.15) is 11.4 Å². The van der Waals surface area contributed by atoms with Gasteiger partial charge in [-0.3, -0.25) is 0 Å². The lowest BCUT2D eigenvalue weighted by atomic mass is 9.92. The molecule has 0 atom stereocenters. The molecule has 0 spiro atoms. The number of carbonyl (C=O) groups excluding carboxylic acids is 1. The van der Waals surface area contributed by atoms with Crippen LogP contribution in [0.5, 0.6) is 5.75 Å². The summed E-state index contributed by atoms with van der Waals surface area (Å²) in [4.78, 5) is 13.5. The van der Waals surface area contributed by atoms with Crippen molar-refractivity contribution in [2.45, 2.75) is 31.3 Å². The number of cyclic esters (lactones) is 1. The fourth-order valence-electron chi connectivity index (χ4n) is 2.73. The van der Waals surface area contributed by atoms with E-state index in [4.69, 9.17) is 9.47 Å². The van der Waals surface area contributed by atoms with Crippen molar-refractivity contribution in [2.24, 2.45) is 0 Å². The molecule has 0 amide bonds. The van der Waals surface area contributed by atoms with Crippen molar-refractivity contribution < 1.29 is 22.7 Å². The van der Waals surface area contributed by atoms with Crippen LogP contribution in [0.1, 0.15) is 24.3 Å². The zero-order valence-corrected chi connectivity index (χ0v) is 16.0. The summed E-state index contributed by atoms with van der Waals surface area (Å²) in [5, 5.41) is 1.89. The fourth-order valence-corrected chi connectivity index (χ4v) is 3.99. The molecule has 0 radical (unpaired) electrons. The van der Waals surface area contributed by atoms with Crippen LogP contribution >= 0.6 is 11.3 Å². The predicted octanol–water partition coefficient (Wildman–Crippen LogP) is 3.59.